The van der Waals surface area contributed by atoms with Gasteiger partial charge in [-0.25, -0.2) is 14.5 Å². The van der Waals surface area contributed by atoms with Crippen LogP contribution >= 0.6 is 0 Å². The summed E-state index contributed by atoms with van der Waals surface area (Å²) in [5.74, 6) is 0.205. The van der Waals surface area contributed by atoms with Crippen LogP contribution in [0.2, 0.25) is 0 Å². The molecule has 0 N–H and O–H groups in total. The molecule has 0 spiro atoms. The molecule has 1 unspecified atom stereocenters. The number of ether oxygens (including phenoxy) is 1. The molecule has 5 rings (SSSR count). The lowest BCUT2D eigenvalue weighted by atomic mass is 9.91. The minimum absolute atomic E-state index is 0.205. The third kappa shape index (κ3) is 4.96. The number of fused-ring (bicyclic) bond motifs is 1. The van der Waals surface area contributed by atoms with E-state index in [-0.39, 0.29) is 12.0 Å². The number of nitrogens with zero attached hydrogens (tertiary/aromatic N) is 6. The summed E-state index contributed by atoms with van der Waals surface area (Å²) >= 11 is 0. The second kappa shape index (κ2) is 9.02. The molecule has 1 amide bonds. The Morgan fingerprint density at radius 2 is 2.03 bits per heavy atom. The van der Waals surface area contributed by atoms with Crippen molar-refractivity contribution in [3.63, 3.8) is 0 Å². The van der Waals surface area contributed by atoms with Crippen molar-refractivity contribution in [1.29, 1.82) is 0 Å². The zero-order chi connectivity index (χ0) is 24.6. The first kappa shape index (κ1) is 22.8. The van der Waals surface area contributed by atoms with Gasteiger partial charge in [-0.3, -0.25) is 4.98 Å². The van der Waals surface area contributed by atoms with Gasteiger partial charge in [0.15, 0.2) is 0 Å². The van der Waals surface area contributed by atoms with E-state index in [0.29, 0.717) is 19.6 Å². The van der Waals surface area contributed by atoms with Gasteiger partial charge in [-0.05, 0) is 68.2 Å². The first-order valence-corrected chi connectivity index (χ1v) is 11.8. The average Bonchev–Trinajstić information content (AvgIpc) is 3.49. The van der Waals surface area contributed by atoms with Gasteiger partial charge in [0.05, 0.1) is 17.9 Å². The van der Waals surface area contributed by atoms with Crippen molar-refractivity contribution in [3.05, 3.63) is 78.8 Å². The van der Waals surface area contributed by atoms with Gasteiger partial charge in [0.2, 0.25) is 0 Å². The summed E-state index contributed by atoms with van der Waals surface area (Å²) in [6, 6.07) is 12.6. The maximum absolute atomic E-state index is 12.4. The first-order chi connectivity index (χ1) is 16.8. The molecule has 0 aliphatic carbocycles. The highest BCUT2D eigenvalue weighted by atomic mass is 16.6. The fraction of sp³-hybridized carbons (Fsp3) is 0.333. The molecule has 0 fully saturated rings. The average molecular weight is 471 g/mol. The molecule has 0 saturated carbocycles. The Labute approximate surface area is 204 Å². The highest BCUT2D eigenvalue weighted by Gasteiger charge is 2.27. The van der Waals surface area contributed by atoms with Crippen LogP contribution in [0.3, 0.4) is 0 Å². The monoisotopic (exact) mass is 470 g/mol. The van der Waals surface area contributed by atoms with Crippen molar-refractivity contribution in [2.45, 2.75) is 39.8 Å². The molecule has 1 aliphatic rings. The third-order valence-electron chi connectivity index (χ3n) is 6.14. The van der Waals surface area contributed by atoms with Crippen LogP contribution in [0.25, 0.3) is 22.2 Å². The van der Waals surface area contributed by atoms with Crippen LogP contribution in [0.15, 0.2) is 67.5 Å². The van der Waals surface area contributed by atoms with Gasteiger partial charge in [-0.15, -0.1) is 0 Å². The summed E-state index contributed by atoms with van der Waals surface area (Å²) < 4.78 is 9.48. The van der Waals surface area contributed by atoms with E-state index in [9.17, 15) is 4.79 Å². The van der Waals surface area contributed by atoms with E-state index in [4.69, 9.17) is 9.72 Å². The van der Waals surface area contributed by atoms with E-state index in [1.165, 1.54) is 11.9 Å². The summed E-state index contributed by atoms with van der Waals surface area (Å²) in [7, 11) is 0. The summed E-state index contributed by atoms with van der Waals surface area (Å²) in [5.41, 5.74) is 4.94. The van der Waals surface area contributed by atoms with Crippen molar-refractivity contribution in [1.82, 2.24) is 29.2 Å². The molecule has 4 aromatic rings. The fourth-order valence-corrected chi connectivity index (χ4v) is 4.46. The van der Waals surface area contributed by atoms with Crippen LogP contribution in [0.1, 0.15) is 39.0 Å². The van der Waals surface area contributed by atoms with Crippen LogP contribution in [0.4, 0.5) is 4.79 Å². The van der Waals surface area contributed by atoms with E-state index < -0.39 is 5.60 Å². The smallest absolute Gasteiger partial charge is 0.410 e. The van der Waals surface area contributed by atoms with Crippen LogP contribution in [0.5, 0.6) is 0 Å². The molecule has 1 aromatic carbocycles. The maximum atomic E-state index is 12.4. The molecular formula is C27H30N6O2. The van der Waals surface area contributed by atoms with Crippen molar-refractivity contribution in [2.24, 2.45) is 5.92 Å². The summed E-state index contributed by atoms with van der Waals surface area (Å²) in [5, 5.41) is 5.35. The Kier molecular flexibility index (Phi) is 5.88. The minimum atomic E-state index is -0.491. The van der Waals surface area contributed by atoms with E-state index in [1.54, 1.807) is 15.9 Å². The Morgan fingerprint density at radius 1 is 1.17 bits per heavy atom. The zero-order valence-electron chi connectivity index (χ0n) is 20.5. The predicted octanol–water partition coefficient (Wildman–Crippen LogP) is 4.94. The van der Waals surface area contributed by atoms with E-state index in [2.05, 4.69) is 64.2 Å². The SMILES string of the molecule is CC1CN(C(=O)OC(C)(C)C)CC=C1c1ccc(Cn2ccc3cc(-n4cncn4)ccc32)nc1. The Hall–Kier alpha value is -3.94. The van der Waals surface area contributed by atoms with Crippen LogP contribution in [-0.4, -0.2) is 54.0 Å². The molecule has 0 radical (unpaired) electrons. The van der Waals surface area contributed by atoms with Gasteiger partial charge in [0, 0.05) is 36.4 Å². The van der Waals surface area contributed by atoms with Gasteiger partial charge in [0.25, 0.3) is 0 Å². The number of rotatable bonds is 4. The van der Waals surface area contributed by atoms with Crippen LogP contribution < -0.4 is 0 Å². The number of amides is 1. The minimum Gasteiger partial charge on any atom is -0.444 e. The number of hydrogen-bond acceptors (Lipinski definition) is 5. The molecule has 1 atom stereocenters. The number of pyridine rings is 1. The van der Waals surface area contributed by atoms with Gasteiger partial charge in [-0.2, -0.15) is 5.10 Å². The van der Waals surface area contributed by atoms with Crippen molar-refractivity contribution < 1.29 is 9.53 Å². The number of hydrogen-bond donors (Lipinski definition) is 0. The second-order valence-corrected chi connectivity index (χ2v) is 10.0. The van der Waals surface area contributed by atoms with Crippen molar-refractivity contribution in [3.8, 4) is 5.69 Å². The topological polar surface area (TPSA) is 78.1 Å². The van der Waals surface area contributed by atoms with Crippen molar-refractivity contribution >= 4 is 22.6 Å². The lowest BCUT2D eigenvalue weighted by Gasteiger charge is -2.33. The number of benzene rings is 1. The molecule has 1 aliphatic heterocycles. The molecule has 3 aromatic heterocycles. The Bertz CT molecular complexity index is 1360. The lowest BCUT2D eigenvalue weighted by molar-refractivity contribution is 0.0252. The maximum Gasteiger partial charge on any atom is 0.410 e. The summed E-state index contributed by atoms with van der Waals surface area (Å²) in [6.45, 7) is 9.67. The fourth-order valence-electron chi connectivity index (χ4n) is 4.46. The third-order valence-corrected chi connectivity index (χ3v) is 6.14. The van der Waals surface area contributed by atoms with Crippen LogP contribution in [-0.2, 0) is 11.3 Å². The summed E-state index contributed by atoms with van der Waals surface area (Å²) in [4.78, 5) is 22.9. The quantitative estimate of drug-likeness (QED) is 0.422. The highest BCUT2D eigenvalue weighted by Crippen LogP contribution is 2.28. The van der Waals surface area contributed by atoms with Gasteiger partial charge >= 0.3 is 6.09 Å². The van der Waals surface area contributed by atoms with Gasteiger partial charge in [-0.1, -0.05) is 19.1 Å². The normalized spacial score (nSPS) is 16.4. The molecule has 180 valence electrons. The summed E-state index contributed by atoms with van der Waals surface area (Å²) in [6.07, 6.45) is 9.10. The Balaban J connectivity index is 1.28. The second-order valence-electron chi connectivity index (χ2n) is 10.0. The van der Waals surface area contributed by atoms with Gasteiger partial charge < -0.3 is 14.2 Å². The largest absolute Gasteiger partial charge is 0.444 e. The van der Waals surface area contributed by atoms with E-state index in [1.807, 2.05) is 33.0 Å². The highest BCUT2D eigenvalue weighted by molar-refractivity contribution is 5.82. The zero-order valence-corrected chi connectivity index (χ0v) is 20.5. The Morgan fingerprint density at radius 3 is 2.71 bits per heavy atom. The molecular weight excluding hydrogens is 440 g/mol. The standard InChI is InChI=1S/C27H30N6O2/c1-19-15-32(26(34)35-27(2,3)4)12-10-24(19)21-5-6-22(29-14-21)16-31-11-9-20-13-23(7-8-25(20)31)33-18-28-17-30-33/h5-11,13-14,17-19H,12,15-16H2,1-4H3. The lowest BCUT2D eigenvalue weighted by Crippen LogP contribution is -2.41. The first-order valence-electron chi connectivity index (χ1n) is 11.8. The molecule has 8 heteroatoms. The molecule has 35 heavy (non-hydrogen) atoms. The van der Waals surface area contributed by atoms with Crippen molar-refractivity contribution in [2.75, 3.05) is 13.1 Å². The molecule has 0 saturated heterocycles. The van der Waals surface area contributed by atoms with Gasteiger partial charge in [0.1, 0.15) is 18.3 Å². The predicted molar refractivity (Wildman–Crippen MR) is 135 cm³/mol. The van der Waals surface area contributed by atoms with Crippen LogP contribution in [0, 0.1) is 5.92 Å². The number of carbonyl (C=O) groups is 1. The molecule has 4 heterocycles. The number of aromatic nitrogens is 5. The van der Waals surface area contributed by atoms with E-state index in [0.717, 1.165) is 27.8 Å². The number of carbonyl (C=O) groups excluding carboxylic acids is 1. The molecule has 0 bridgehead atoms. The molecule has 8 nitrogen and oxygen atoms in total. The van der Waals surface area contributed by atoms with E-state index >= 15 is 0 Å².